The number of phenols is 1. The number of benzene rings is 2. The molecule has 2 aromatic rings. The first kappa shape index (κ1) is 14.1. The van der Waals surface area contributed by atoms with Crippen LogP contribution in [0.1, 0.15) is 24.1 Å². The number of hydrogen-bond acceptors (Lipinski definition) is 3. The first-order chi connectivity index (χ1) is 9.56. The van der Waals surface area contributed by atoms with E-state index in [1.54, 1.807) is 24.3 Å². The summed E-state index contributed by atoms with van der Waals surface area (Å²) in [4.78, 5) is 12.0. The molecule has 2 rings (SSSR count). The fraction of sp³-hybridized carbons (Fsp3) is 0.188. The van der Waals surface area contributed by atoms with Gasteiger partial charge in [-0.15, -0.1) is 0 Å². The number of phenolic OH excluding ortho intramolecular Hbond substituents is 1. The summed E-state index contributed by atoms with van der Waals surface area (Å²) in [5.41, 5.74) is 8.27. The van der Waals surface area contributed by atoms with Crippen molar-refractivity contribution in [1.29, 1.82) is 0 Å². The number of nitrogens with two attached hydrogens (primary N) is 1. The highest BCUT2D eigenvalue weighted by atomic mass is 16.3. The van der Waals surface area contributed by atoms with E-state index in [-0.39, 0.29) is 24.1 Å². The van der Waals surface area contributed by atoms with Crippen molar-refractivity contribution < 1.29 is 9.90 Å². The van der Waals surface area contributed by atoms with E-state index in [0.29, 0.717) is 0 Å². The molecule has 0 aliphatic carbocycles. The quantitative estimate of drug-likeness (QED) is 0.799. The molecule has 1 unspecified atom stereocenters. The molecule has 0 aliphatic rings. The molecule has 0 aliphatic heterocycles. The Morgan fingerprint density at radius 2 is 2.00 bits per heavy atom. The lowest BCUT2D eigenvalue weighted by Gasteiger charge is -2.13. The molecule has 0 spiro atoms. The molecule has 104 valence electrons. The van der Waals surface area contributed by atoms with E-state index in [4.69, 9.17) is 5.73 Å². The molecule has 2 aromatic carbocycles. The van der Waals surface area contributed by atoms with Crippen molar-refractivity contribution in [2.75, 3.05) is 5.32 Å². The number of nitrogens with one attached hydrogen (secondary N) is 1. The van der Waals surface area contributed by atoms with Crippen molar-refractivity contribution in [2.24, 2.45) is 5.73 Å². The molecule has 0 fully saturated rings. The second kappa shape index (κ2) is 6.21. The highest BCUT2D eigenvalue weighted by Gasteiger charge is 2.10. The number of carbonyl (C=O) groups excluding carboxylic acids is 1. The van der Waals surface area contributed by atoms with Crippen LogP contribution in [0, 0.1) is 0 Å². The van der Waals surface area contributed by atoms with Crippen LogP contribution in [0.2, 0.25) is 0 Å². The molecule has 0 aromatic heterocycles. The van der Waals surface area contributed by atoms with Gasteiger partial charge in [0.25, 0.3) is 0 Å². The molecule has 4 heteroatoms. The smallest absolute Gasteiger partial charge is 0.228 e. The largest absolute Gasteiger partial charge is 0.508 e. The molecule has 20 heavy (non-hydrogen) atoms. The predicted octanol–water partition coefficient (Wildman–Crippen LogP) is 2.59. The minimum atomic E-state index is -0.146. The van der Waals surface area contributed by atoms with Crippen molar-refractivity contribution in [2.45, 2.75) is 19.4 Å². The molecular weight excluding hydrogens is 252 g/mol. The van der Waals surface area contributed by atoms with Gasteiger partial charge >= 0.3 is 0 Å². The average Bonchev–Trinajstić information content (AvgIpc) is 2.38. The van der Waals surface area contributed by atoms with Crippen LogP contribution >= 0.6 is 0 Å². The van der Waals surface area contributed by atoms with Gasteiger partial charge < -0.3 is 16.2 Å². The van der Waals surface area contributed by atoms with Crippen molar-refractivity contribution in [3.63, 3.8) is 0 Å². The zero-order valence-corrected chi connectivity index (χ0v) is 11.3. The van der Waals surface area contributed by atoms with Crippen LogP contribution in [0.5, 0.6) is 5.75 Å². The number of hydrogen-bond donors (Lipinski definition) is 3. The summed E-state index contributed by atoms with van der Waals surface area (Å²) < 4.78 is 0. The summed E-state index contributed by atoms with van der Waals surface area (Å²) in [5, 5.41) is 12.2. The highest BCUT2D eigenvalue weighted by Crippen LogP contribution is 2.21. The first-order valence-electron chi connectivity index (χ1n) is 6.48. The van der Waals surface area contributed by atoms with Crippen LogP contribution in [0.3, 0.4) is 0 Å². The molecule has 4 N–H and O–H groups in total. The number of para-hydroxylation sites is 1. The van der Waals surface area contributed by atoms with Gasteiger partial charge in [0.1, 0.15) is 5.75 Å². The van der Waals surface area contributed by atoms with Gasteiger partial charge in [0.05, 0.1) is 6.42 Å². The van der Waals surface area contributed by atoms with Crippen LogP contribution in [0.15, 0.2) is 48.5 Å². The van der Waals surface area contributed by atoms with E-state index < -0.39 is 0 Å². The Hall–Kier alpha value is -2.33. The molecular formula is C16H18N2O2. The van der Waals surface area contributed by atoms with Gasteiger partial charge in [0.15, 0.2) is 0 Å². The van der Waals surface area contributed by atoms with Crippen molar-refractivity contribution in [1.82, 2.24) is 0 Å². The van der Waals surface area contributed by atoms with Gasteiger partial charge in [-0.1, -0.05) is 30.3 Å². The monoisotopic (exact) mass is 270 g/mol. The predicted molar refractivity (Wildman–Crippen MR) is 79.5 cm³/mol. The Morgan fingerprint density at radius 1 is 1.25 bits per heavy atom. The average molecular weight is 270 g/mol. The molecule has 0 saturated heterocycles. The van der Waals surface area contributed by atoms with Gasteiger partial charge in [-0.25, -0.2) is 0 Å². The molecule has 0 radical (unpaired) electrons. The van der Waals surface area contributed by atoms with E-state index in [1.165, 1.54) is 0 Å². The third kappa shape index (κ3) is 3.59. The minimum absolute atomic E-state index is 0.135. The van der Waals surface area contributed by atoms with Crippen LogP contribution in [-0.4, -0.2) is 11.0 Å². The number of anilines is 1. The fourth-order valence-corrected chi connectivity index (χ4v) is 2.05. The topological polar surface area (TPSA) is 75.3 Å². The Morgan fingerprint density at radius 3 is 2.70 bits per heavy atom. The van der Waals surface area contributed by atoms with Crippen LogP contribution < -0.4 is 11.1 Å². The third-order valence-electron chi connectivity index (χ3n) is 3.00. The maximum atomic E-state index is 12.0. The van der Waals surface area contributed by atoms with E-state index in [2.05, 4.69) is 5.32 Å². The summed E-state index contributed by atoms with van der Waals surface area (Å²) in [6, 6.07) is 14.0. The van der Waals surface area contributed by atoms with Crippen molar-refractivity contribution in [3.05, 3.63) is 59.7 Å². The zero-order chi connectivity index (χ0) is 14.5. The first-order valence-corrected chi connectivity index (χ1v) is 6.48. The molecule has 0 bridgehead atoms. The van der Waals surface area contributed by atoms with Gasteiger partial charge in [-0.05, 0) is 36.2 Å². The standard InChI is InChI=1S/C16H18N2O2/c1-11(17)14-7-2-3-8-15(14)18-16(20)10-12-5-4-6-13(19)9-12/h2-9,11,19H,10,17H2,1H3,(H,18,20). The maximum absolute atomic E-state index is 12.0. The second-order valence-electron chi connectivity index (χ2n) is 4.77. The Bertz CT molecular complexity index is 609. The van der Waals surface area contributed by atoms with Crippen LogP contribution in [0.25, 0.3) is 0 Å². The lowest BCUT2D eigenvalue weighted by atomic mass is 10.1. The Kier molecular flexibility index (Phi) is 4.38. The lowest BCUT2D eigenvalue weighted by Crippen LogP contribution is -2.17. The van der Waals surface area contributed by atoms with E-state index in [1.807, 2.05) is 31.2 Å². The number of amides is 1. The van der Waals surface area contributed by atoms with E-state index in [0.717, 1.165) is 16.8 Å². The third-order valence-corrected chi connectivity index (χ3v) is 3.00. The van der Waals surface area contributed by atoms with Gasteiger partial charge in [-0.3, -0.25) is 4.79 Å². The Balaban J connectivity index is 2.09. The molecule has 0 heterocycles. The number of carbonyl (C=O) groups is 1. The van der Waals surface area contributed by atoms with Crippen LogP contribution in [0.4, 0.5) is 5.69 Å². The second-order valence-corrected chi connectivity index (χ2v) is 4.77. The van der Waals surface area contributed by atoms with Gasteiger partial charge in [0.2, 0.25) is 5.91 Å². The van der Waals surface area contributed by atoms with Crippen molar-refractivity contribution >= 4 is 11.6 Å². The summed E-state index contributed by atoms with van der Waals surface area (Å²) >= 11 is 0. The molecule has 4 nitrogen and oxygen atoms in total. The summed E-state index contributed by atoms with van der Waals surface area (Å²) in [7, 11) is 0. The van der Waals surface area contributed by atoms with Crippen LogP contribution in [-0.2, 0) is 11.2 Å². The summed E-state index contributed by atoms with van der Waals surface area (Å²) in [5.74, 6) is 0.0231. The fourth-order valence-electron chi connectivity index (χ4n) is 2.05. The summed E-state index contributed by atoms with van der Waals surface area (Å²) in [6.07, 6.45) is 0.210. The van der Waals surface area contributed by atoms with Gasteiger partial charge in [0, 0.05) is 11.7 Å². The molecule has 1 atom stereocenters. The van der Waals surface area contributed by atoms with Gasteiger partial charge in [-0.2, -0.15) is 0 Å². The SMILES string of the molecule is CC(N)c1ccccc1NC(=O)Cc1cccc(O)c1. The number of rotatable bonds is 4. The molecule has 0 saturated carbocycles. The lowest BCUT2D eigenvalue weighted by molar-refractivity contribution is -0.115. The zero-order valence-electron chi connectivity index (χ0n) is 11.3. The number of aromatic hydroxyl groups is 1. The van der Waals surface area contributed by atoms with E-state index in [9.17, 15) is 9.90 Å². The highest BCUT2D eigenvalue weighted by molar-refractivity contribution is 5.93. The molecule has 1 amide bonds. The maximum Gasteiger partial charge on any atom is 0.228 e. The Labute approximate surface area is 118 Å². The normalized spacial score (nSPS) is 11.9. The minimum Gasteiger partial charge on any atom is -0.508 e. The summed E-state index contributed by atoms with van der Waals surface area (Å²) in [6.45, 7) is 1.88. The van der Waals surface area contributed by atoms with Crippen molar-refractivity contribution in [3.8, 4) is 5.75 Å². The van der Waals surface area contributed by atoms with E-state index >= 15 is 0 Å².